The lowest BCUT2D eigenvalue weighted by atomic mass is 9.54. The summed E-state index contributed by atoms with van der Waals surface area (Å²) in [7, 11) is 0. The fourth-order valence-electron chi connectivity index (χ4n) is 4.41. The van der Waals surface area contributed by atoms with Crippen LogP contribution in [0.15, 0.2) is 0 Å². The van der Waals surface area contributed by atoms with E-state index in [2.05, 4.69) is 37.2 Å². The molecule has 0 aliphatic heterocycles. The minimum absolute atomic E-state index is 0.129. The Kier molecular flexibility index (Phi) is 2.50. The van der Waals surface area contributed by atoms with Crippen molar-refractivity contribution >= 4 is 37.8 Å². The summed E-state index contributed by atoms with van der Waals surface area (Å²) in [4.78, 5) is 11.3. The normalized spacial score (nSPS) is 54.1. The minimum atomic E-state index is 0.129. The van der Waals surface area contributed by atoms with Crippen molar-refractivity contribution in [3.05, 3.63) is 0 Å². The van der Waals surface area contributed by atoms with Crippen LogP contribution in [0.5, 0.6) is 0 Å². The van der Waals surface area contributed by atoms with Gasteiger partial charge < -0.3 is 5.32 Å². The number of carbonyl (C=O) groups excluding carboxylic acids is 1. The molecule has 4 fully saturated rings. The van der Waals surface area contributed by atoms with E-state index in [0.717, 1.165) is 0 Å². The van der Waals surface area contributed by atoms with Crippen LogP contribution in [0, 0.1) is 11.8 Å². The van der Waals surface area contributed by atoms with Crippen molar-refractivity contribution < 1.29 is 4.79 Å². The van der Waals surface area contributed by atoms with Crippen LogP contribution in [0.25, 0.3) is 0 Å². The third kappa shape index (κ3) is 1.76. The van der Waals surface area contributed by atoms with Gasteiger partial charge in [0.15, 0.2) is 0 Å². The molecule has 0 heterocycles. The maximum Gasteiger partial charge on any atom is 0.217 e. The van der Waals surface area contributed by atoms with Gasteiger partial charge in [-0.2, -0.15) is 0 Å². The molecule has 16 heavy (non-hydrogen) atoms. The highest BCUT2D eigenvalue weighted by molar-refractivity contribution is 9.10. The third-order valence-electron chi connectivity index (χ3n) is 4.53. The molecule has 2 nitrogen and oxygen atoms in total. The molecule has 4 rings (SSSR count). The van der Waals surface area contributed by atoms with E-state index < -0.39 is 0 Å². The second kappa shape index (κ2) is 3.47. The maximum atomic E-state index is 11.3. The first-order valence-electron chi connectivity index (χ1n) is 6.04. The van der Waals surface area contributed by atoms with Crippen molar-refractivity contribution in [1.82, 2.24) is 5.32 Å². The predicted molar refractivity (Wildman–Crippen MR) is 71.0 cm³/mol. The van der Waals surface area contributed by atoms with E-state index in [1.54, 1.807) is 6.92 Å². The molecule has 4 heteroatoms. The standard InChI is InChI=1S/C12H17Br2NO/c1-7(16)15-10-8-2-11(13)4-9(10)5-12(14,3-8)6-11/h8-10H,2-6H2,1H3,(H,15,16). The molecular formula is C12H17Br2NO. The maximum absolute atomic E-state index is 11.3. The van der Waals surface area contributed by atoms with Gasteiger partial charge in [0.1, 0.15) is 0 Å². The second-order valence-electron chi connectivity index (χ2n) is 6.04. The Balaban J connectivity index is 1.86. The van der Waals surface area contributed by atoms with Crippen LogP contribution in [0.2, 0.25) is 0 Å². The molecule has 0 aromatic rings. The van der Waals surface area contributed by atoms with Gasteiger partial charge in [-0.3, -0.25) is 4.79 Å². The zero-order valence-corrected chi connectivity index (χ0v) is 12.6. The summed E-state index contributed by atoms with van der Waals surface area (Å²) in [5.41, 5.74) is 0. The highest BCUT2D eigenvalue weighted by Crippen LogP contribution is 2.63. The van der Waals surface area contributed by atoms with Crippen molar-refractivity contribution in [2.24, 2.45) is 11.8 Å². The number of carbonyl (C=O) groups is 1. The van der Waals surface area contributed by atoms with Crippen LogP contribution < -0.4 is 5.32 Å². The topological polar surface area (TPSA) is 29.1 Å². The van der Waals surface area contributed by atoms with Gasteiger partial charge in [0, 0.05) is 21.6 Å². The Morgan fingerprint density at radius 2 is 1.56 bits per heavy atom. The van der Waals surface area contributed by atoms with Crippen LogP contribution in [-0.4, -0.2) is 20.6 Å². The average molecular weight is 351 g/mol. The molecule has 0 aromatic heterocycles. The Morgan fingerprint density at radius 3 is 1.94 bits per heavy atom. The summed E-state index contributed by atoms with van der Waals surface area (Å²) in [5.74, 6) is 1.44. The molecule has 0 spiro atoms. The fourth-order valence-corrected chi connectivity index (χ4v) is 7.52. The molecule has 90 valence electrons. The van der Waals surface area contributed by atoms with Crippen LogP contribution >= 0.6 is 31.9 Å². The van der Waals surface area contributed by atoms with Crippen LogP contribution in [-0.2, 0) is 4.79 Å². The zero-order chi connectivity index (χ0) is 11.6. The average Bonchev–Trinajstić information content (AvgIpc) is 2.06. The lowest BCUT2D eigenvalue weighted by Crippen LogP contribution is -2.63. The summed E-state index contributed by atoms with van der Waals surface area (Å²) in [6.45, 7) is 1.64. The summed E-state index contributed by atoms with van der Waals surface area (Å²) in [5, 5.41) is 3.18. The first kappa shape index (κ1) is 11.5. The fraction of sp³-hybridized carbons (Fsp3) is 0.917. The molecule has 4 aliphatic rings. The molecule has 4 saturated carbocycles. The predicted octanol–water partition coefficient (Wildman–Crippen LogP) is 2.98. The number of alkyl halides is 2. The summed E-state index contributed by atoms with van der Waals surface area (Å²) >= 11 is 7.89. The molecular weight excluding hydrogens is 334 g/mol. The minimum Gasteiger partial charge on any atom is -0.353 e. The smallest absolute Gasteiger partial charge is 0.217 e. The van der Waals surface area contributed by atoms with E-state index in [1.807, 2.05) is 0 Å². The molecule has 0 unspecified atom stereocenters. The third-order valence-corrected chi connectivity index (χ3v) is 6.39. The van der Waals surface area contributed by atoms with E-state index >= 15 is 0 Å². The quantitative estimate of drug-likeness (QED) is 0.724. The summed E-state index contributed by atoms with van der Waals surface area (Å²) in [6.07, 6.45) is 6.15. The highest BCUT2D eigenvalue weighted by atomic mass is 79.9. The summed E-state index contributed by atoms with van der Waals surface area (Å²) < 4.78 is 0.689. The van der Waals surface area contributed by atoms with Gasteiger partial charge in [0.25, 0.3) is 0 Å². The van der Waals surface area contributed by atoms with E-state index in [9.17, 15) is 4.79 Å². The second-order valence-corrected chi connectivity index (χ2v) is 9.41. The van der Waals surface area contributed by atoms with Gasteiger partial charge in [-0.15, -0.1) is 0 Å². The lowest BCUT2D eigenvalue weighted by Gasteiger charge is -2.61. The van der Waals surface area contributed by atoms with Gasteiger partial charge in [-0.05, 0) is 43.9 Å². The molecule has 0 aromatic carbocycles. The zero-order valence-electron chi connectivity index (χ0n) is 9.43. The summed E-state index contributed by atoms with van der Waals surface area (Å²) in [6, 6.07) is 0.425. The van der Waals surface area contributed by atoms with Gasteiger partial charge in [0.2, 0.25) is 5.91 Å². The Bertz CT molecular complexity index is 308. The van der Waals surface area contributed by atoms with E-state index in [4.69, 9.17) is 0 Å². The molecule has 1 amide bonds. The number of nitrogens with one attached hydrogen (secondary N) is 1. The molecule has 0 radical (unpaired) electrons. The molecule has 0 atom stereocenters. The number of rotatable bonds is 1. The van der Waals surface area contributed by atoms with Crippen molar-refractivity contribution in [3.8, 4) is 0 Å². The lowest BCUT2D eigenvalue weighted by molar-refractivity contribution is -0.122. The molecule has 0 saturated heterocycles. The SMILES string of the molecule is CC(=O)NC1C2CC3(Br)CC1CC(Br)(C2)C3. The van der Waals surface area contributed by atoms with E-state index in [0.29, 0.717) is 26.5 Å². The van der Waals surface area contributed by atoms with Gasteiger partial charge in [0.05, 0.1) is 0 Å². The van der Waals surface area contributed by atoms with Crippen LogP contribution in [0.3, 0.4) is 0 Å². The Labute approximate surface area is 113 Å². The van der Waals surface area contributed by atoms with Crippen molar-refractivity contribution in [2.75, 3.05) is 0 Å². The van der Waals surface area contributed by atoms with Crippen LogP contribution in [0.1, 0.15) is 39.0 Å². The Hall–Kier alpha value is 0.430. The Morgan fingerprint density at radius 1 is 1.12 bits per heavy atom. The van der Waals surface area contributed by atoms with Gasteiger partial charge in [-0.25, -0.2) is 0 Å². The van der Waals surface area contributed by atoms with Crippen molar-refractivity contribution in [3.63, 3.8) is 0 Å². The number of hydrogen-bond acceptors (Lipinski definition) is 1. The van der Waals surface area contributed by atoms with Gasteiger partial charge in [-0.1, -0.05) is 31.9 Å². The van der Waals surface area contributed by atoms with Crippen molar-refractivity contribution in [1.29, 1.82) is 0 Å². The molecule has 4 aliphatic carbocycles. The first-order valence-corrected chi connectivity index (χ1v) is 7.63. The first-order chi connectivity index (χ1) is 7.39. The number of halogens is 2. The molecule has 4 bridgehead atoms. The van der Waals surface area contributed by atoms with Crippen LogP contribution in [0.4, 0.5) is 0 Å². The highest BCUT2D eigenvalue weighted by Gasteiger charge is 2.59. The monoisotopic (exact) mass is 349 g/mol. The van der Waals surface area contributed by atoms with E-state index in [-0.39, 0.29) is 5.91 Å². The van der Waals surface area contributed by atoms with E-state index in [1.165, 1.54) is 32.1 Å². The number of amides is 1. The number of hydrogen-bond donors (Lipinski definition) is 1. The van der Waals surface area contributed by atoms with Crippen molar-refractivity contribution in [2.45, 2.75) is 53.7 Å². The largest absolute Gasteiger partial charge is 0.353 e. The van der Waals surface area contributed by atoms with Gasteiger partial charge >= 0.3 is 0 Å². The molecule has 1 N–H and O–H groups in total.